The summed E-state index contributed by atoms with van der Waals surface area (Å²) in [6, 6.07) is 4.02. The SMILES string of the molecule is COC(C(N)=O)C(=O)Nc1cc(C)cc(F)c1. The van der Waals surface area contributed by atoms with Gasteiger partial charge in [-0.05, 0) is 30.7 Å². The van der Waals surface area contributed by atoms with E-state index in [4.69, 9.17) is 5.73 Å². The molecule has 2 amide bonds. The molecule has 0 aliphatic heterocycles. The van der Waals surface area contributed by atoms with Crippen molar-refractivity contribution in [1.29, 1.82) is 0 Å². The molecule has 0 radical (unpaired) electrons. The molecule has 1 rings (SSSR count). The average Bonchev–Trinajstić information content (AvgIpc) is 2.15. The number of halogens is 1. The van der Waals surface area contributed by atoms with Gasteiger partial charge in [-0.3, -0.25) is 9.59 Å². The van der Waals surface area contributed by atoms with Gasteiger partial charge in [0, 0.05) is 12.8 Å². The molecule has 1 atom stereocenters. The van der Waals surface area contributed by atoms with Crippen molar-refractivity contribution in [1.82, 2.24) is 0 Å². The molecule has 92 valence electrons. The van der Waals surface area contributed by atoms with Gasteiger partial charge in [-0.25, -0.2) is 4.39 Å². The van der Waals surface area contributed by atoms with E-state index < -0.39 is 23.7 Å². The summed E-state index contributed by atoms with van der Waals surface area (Å²) in [4.78, 5) is 22.4. The molecule has 1 unspecified atom stereocenters. The number of hydrogen-bond acceptors (Lipinski definition) is 3. The standard InChI is InChI=1S/C11H13FN2O3/c1-6-3-7(12)5-8(4-6)14-11(16)9(17-2)10(13)15/h3-5,9H,1-2H3,(H2,13,15)(H,14,16). The van der Waals surface area contributed by atoms with E-state index in [1.807, 2.05) is 0 Å². The van der Waals surface area contributed by atoms with Crippen LogP contribution in [0, 0.1) is 12.7 Å². The van der Waals surface area contributed by atoms with Crippen molar-refractivity contribution in [3.05, 3.63) is 29.6 Å². The molecule has 0 aromatic heterocycles. The Labute approximate surface area is 97.7 Å². The fourth-order valence-electron chi connectivity index (χ4n) is 1.37. The zero-order chi connectivity index (χ0) is 13.0. The Bertz CT molecular complexity index is 428. The van der Waals surface area contributed by atoms with Gasteiger partial charge in [0.1, 0.15) is 5.82 Å². The van der Waals surface area contributed by atoms with Crippen molar-refractivity contribution in [2.24, 2.45) is 5.73 Å². The second kappa shape index (κ2) is 5.40. The van der Waals surface area contributed by atoms with Crippen LogP contribution in [0.3, 0.4) is 0 Å². The highest BCUT2D eigenvalue weighted by Gasteiger charge is 2.23. The molecule has 1 aromatic carbocycles. The summed E-state index contributed by atoms with van der Waals surface area (Å²) in [5, 5.41) is 2.35. The number of nitrogens with one attached hydrogen (secondary N) is 1. The van der Waals surface area contributed by atoms with Gasteiger partial charge in [0.05, 0.1) is 0 Å². The lowest BCUT2D eigenvalue weighted by atomic mass is 10.2. The molecule has 0 spiro atoms. The largest absolute Gasteiger partial charge is 0.367 e. The Morgan fingerprint density at radius 3 is 2.53 bits per heavy atom. The second-order valence-electron chi connectivity index (χ2n) is 3.52. The van der Waals surface area contributed by atoms with Crippen LogP contribution in [-0.2, 0) is 14.3 Å². The third kappa shape index (κ3) is 3.53. The number of primary amides is 1. The van der Waals surface area contributed by atoms with E-state index in [1.54, 1.807) is 13.0 Å². The molecule has 0 fully saturated rings. The summed E-state index contributed by atoms with van der Waals surface area (Å²) in [5.74, 6) is -2.11. The Kier molecular flexibility index (Phi) is 4.17. The molecule has 17 heavy (non-hydrogen) atoms. The van der Waals surface area contributed by atoms with E-state index in [2.05, 4.69) is 10.1 Å². The number of methoxy groups -OCH3 is 1. The normalized spacial score (nSPS) is 11.9. The van der Waals surface area contributed by atoms with Crippen LogP contribution in [0.5, 0.6) is 0 Å². The molecule has 6 heteroatoms. The van der Waals surface area contributed by atoms with Crippen LogP contribution in [0.2, 0.25) is 0 Å². The van der Waals surface area contributed by atoms with Gasteiger partial charge < -0.3 is 15.8 Å². The first kappa shape index (κ1) is 13.1. The number of aryl methyl sites for hydroxylation is 1. The van der Waals surface area contributed by atoms with E-state index >= 15 is 0 Å². The molecular formula is C11H13FN2O3. The van der Waals surface area contributed by atoms with Gasteiger partial charge in [-0.15, -0.1) is 0 Å². The van der Waals surface area contributed by atoms with E-state index in [0.717, 1.165) is 6.07 Å². The van der Waals surface area contributed by atoms with E-state index in [-0.39, 0.29) is 5.69 Å². The molecule has 5 nitrogen and oxygen atoms in total. The maximum absolute atomic E-state index is 13.0. The van der Waals surface area contributed by atoms with Crippen LogP contribution in [0.4, 0.5) is 10.1 Å². The smallest absolute Gasteiger partial charge is 0.263 e. The second-order valence-corrected chi connectivity index (χ2v) is 3.52. The molecule has 0 saturated heterocycles. The lowest BCUT2D eigenvalue weighted by Crippen LogP contribution is -2.40. The number of hydrogen-bond donors (Lipinski definition) is 2. The fourth-order valence-corrected chi connectivity index (χ4v) is 1.37. The minimum absolute atomic E-state index is 0.246. The molecule has 0 aliphatic carbocycles. The summed E-state index contributed by atoms with van der Waals surface area (Å²) in [6.45, 7) is 1.68. The predicted molar refractivity (Wildman–Crippen MR) is 59.8 cm³/mol. The Morgan fingerprint density at radius 1 is 1.41 bits per heavy atom. The number of ether oxygens (including phenoxy) is 1. The first-order chi connectivity index (χ1) is 7.93. The number of amides is 2. The third-order valence-electron chi connectivity index (χ3n) is 2.04. The van der Waals surface area contributed by atoms with Crippen LogP contribution in [0.15, 0.2) is 18.2 Å². The Balaban J connectivity index is 2.83. The first-order valence-corrected chi connectivity index (χ1v) is 4.84. The quantitative estimate of drug-likeness (QED) is 0.755. The highest BCUT2D eigenvalue weighted by atomic mass is 19.1. The number of anilines is 1. The number of rotatable bonds is 4. The summed E-state index contributed by atoms with van der Waals surface area (Å²) in [7, 11) is 1.19. The average molecular weight is 240 g/mol. The van der Waals surface area contributed by atoms with Gasteiger partial charge in [-0.1, -0.05) is 0 Å². The zero-order valence-electron chi connectivity index (χ0n) is 9.49. The lowest BCUT2D eigenvalue weighted by molar-refractivity contribution is -0.138. The fraction of sp³-hybridized carbons (Fsp3) is 0.273. The van der Waals surface area contributed by atoms with E-state index in [9.17, 15) is 14.0 Å². The summed E-state index contributed by atoms with van der Waals surface area (Å²) >= 11 is 0. The van der Waals surface area contributed by atoms with Gasteiger partial charge in [0.25, 0.3) is 11.8 Å². The highest BCUT2D eigenvalue weighted by molar-refractivity contribution is 6.08. The van der Waals surface area contributed by atoms with Crippen LogP contribution < -0.4 is 11.1 Å². The van der Waals surface area contributed by atoms with Crippen molar-refractivity contribution in [3.8, 4) is 0 Å². The Morgan fingerprint density at radius 2 is 2.06 bits per heavy atom. The first-order valence-electron chi connectivity index (χ1n) is 4.84. The Hall–Kier alpha value is -1.95. The van der Waals surface area contributed by atoms with Crippen LogP contribution >= 0.6 is 0 Å². The molecule has 0 aliphatic rings. The maximum atomic E-state index is 13.0. The van der Waals surface area contributed by atoms with E-state index in [1.165, 1.54) is 13.2 Å². The van der Waals surface area contributed by atoms with Crippen LogP contribution in [0.1, 0.15) is 5.56 Å². The minimum Gasteiger partial charge on any atom is -0.367 e. The van der Waals surface area contributed by atoms with Crippen LogP contribution in [0.25, 0.3) is 0 Å². The van der Waals surface area contributed by atoms with Crippen molar-refractivity contribution in [2.45, 2.75) is 13.0 Å². The molecule has 1 aromatic rings. The molecule has 0 bridgehead atoms. The molecule has 0 heterocycles. The van der Waals surface area contributed by atoms with Gasteiger partial charge in [0.15, 0.2) is 0 Å². The minimum atomic E-state index is -1.39. The monoisotopic (exact) mass is 240 g/mol. The molecule has 3 N–H and O–H groups in total. The third-order valence-corrected chi connectivity index (χ3v) is 2.04. The topological polar surface area (TPSA) is 81.4 Å². The van der Waals surface area contributed by atoms with Gasteiger partial charge in [0.2, 0.25) is 6.10 Å². The molecule has 0 saturated carbocycles. The van der Waals surface area contributed by atoms with Crippen molar-refractivity contribution >= 4 is 17.5 Å². The van der Waals surface area contributed by atoms with Crippen LogP contribution in [-0.4, -0.2) is 25.0 Å². The zero-order valence-corrected chi connectivity index (χ0v) is 9.49. The highest BCUT2D eigenvalue weighted by Crippen LogP contribution is 2.13. The number of benzene rings is 1. The van der Waals surface area contributed by atoms with Crippen molar-refractivity contribution in [3.63, 3.8) is 0 Å². The molecular weight excluding hydrogens is 227 g/mol. The number of nitrogens with two attached hydrogens (primary N) is 1. The van der Waals surface area contributed by atoms with Crippen molar-refractivity contribution in [2.75, 3.05) is 12.4 Å². The van der Waals surface area contributed by atoms with Crippen molar-refractivity contribution < 1.29 is 18.7 Å². The maximum Gasteiger partial charge on any atom is 0.263 e. The predicted octanol–water partition coefficient (Wildman–Crippen LogP) is 0.573. The summed E-state index contributed by atoms with van der Waals surface area (Å²) in [5.41, 5.74) is 5.86. The summed E-state index contributed by atoms with van der Waals surface area (Å²) < 4.78 is 17.7. The van der Waals surface area contributed by atoms with E-state index in [0.29, 0.717) is 5.56 Å². The van der Waals surface area contributed by atoms with Gasteiger partial charge in [-0.2, -0.15) is 0 Å². The number of carbonyl (C=O) groups is 2. The summed E-state index contributed by atoms with van der Waals surface area (Å²) in [6.07, 6.45) is -1.39. The van der Waals surface area contributed by atoms with Gasteiger partial charge >= 0.3 is 0 Å². The number of carbonyl (C=O) groups excluding carboxylic acids is 2. The lowest BCUT2D eigenvalue weighted by Gasteiger charge is -2.12.